The molecule has 5 aliphatic rings. The van der Waals surface area contributed by atoms with Crippen molar-refractivity contribution in [2.45, 2.75) is 119 Å². The Bertz CT molecular complexity index is 1800. The second-order valence-corrected chi connectivity index (χ2v) is 16.8. The number of nitrogens with two attached hydrogens (primary N) is 2. The summed E-state index contributed by atoms with van der Waals surface area (Å²) in [5.74, 6) is -7.30. The Morgan fingerprint density at radius 2 is 1.02 bits per heavy atom. The quantitative estimate of drug-likeness (QED) is 0.0571. The number of aliphatic carboxylic acids is 1. The lowest BCUT2D eigenvalue weighted by atomic mass is 10.1. The van der Waals surface area contributed by atoms with Crippen molar-refractivity contribution >= 4 is 59.1 Å². The fraction of sp³-hybridized carbons (Fsp3) is 0.744. The van der Waals surface area contributed by atoms with E-state index in [1.165, 1.54) is 14.7 Å². The number of aliphatic hydroxyl groups excluding tert-OH is 3. The molecule has 25 nitrogen and oxygen atoms in total. The average Bonchev–Trinajstić information content (AvgIpc) is 4.13. The minimum Gasteiger partial charge on any atom is -0.480 e. The first-order chi connectivity index (χ1) is 30.4. The summed E-state index contributed by atoms with van der Waals surface area (Å²) in [5.41, 5.74) is 11.2. The number of nitrogens with one attached hydrogen (secondary N) is 4. The number of carbonyl (C=O) groups is 10. The second-order valence-electron chi connectivity index (χ2n) is 16.8. The van der Waals surface area contributed by atoms with Gasteiger partial charge in [-0.3, -0.25) is 47.9 Å². The third-order valence-corrected chi connectivity index (χ3v) is 12.3. The summed E-state index contributed by atoms with van der Waals surface area (Å²) >= 11 is 0. The molecule has 356 valence electrons. The van der Waals surface area contributed by atoms with Crippen LogP contribution in [-0.2, 0) is 47.9 Å². The van der Waals surface area contributed by atoms with Crippen molar-refractivity contribution in [3.8, 4) is 0 Å². The van der Waals surface area contributed by atoms with Crippen LogP contribution in [0, 0.1) is 0 Å². The molecule has 12 N–H and O–H groups in total. The van der Waals surface area contributed by atoms with E-state index in [4.69, 9.17) is 16.6 Å². The summed E-state index contributed by atoms with van der Waals surface area (Å²) in [6.45, 7) is -2.09. The van der Waals surface area contributed by atoms with Crippen LogP contribution in [0.4, 0.5) is 0 Å². The number of nitrogens with zero attached hydrogens (tertiary/aromatic N) is 5. The van der Waals surface area contributed by atoms with E-state index in [0.717, 1.165) is 9.80 Å². The fourth-order valence-electron chi connectivity index (χ4n) is 9.21. The van der Waals surface area contributed by atoms with Gasteiger partial charge in [0.05, 0.1) is 37.9 Å². The van der Waals surface area contributed by atoms with E-state index >= 15 is 0 Å². The predicted molar refractivity (Wildman–Crippen MR) is 218 cm³/mol. The maximum absolute atomic E-state index is 14.0. The lowest BCUT2D eigenvalue weighted by molar-refractivity contribution is -0.147. The summed E-state index contributed by atoms with van der Waals surface area (Å²) in [6, 6.07) is -6.65. The fourth-order valence-corrected chi connectivity index (χ4v) is 9.21. The Kier molecular flexibility index (Phi) is 17.3. The Morgan fingerprint density at radius 1 is 0.562 bits per heavy atom. The standard InChI is InChI=1S/C39H61N11O14/c40-8-2-1-5-24(45-30(54)15-42-34(59)28-12-22(52)19-49(28)38(63)25-6-3-9-46(25)31(55)14-41)37(62)48-18-21(51)11-27(48)35(60)43-16-32(56)47-10-4-7-26(47)39(64)50-20-23(53)13-29(50)36(61)44-17-33(57)58/h21-29,51-53H,1-20,40-41H2,(H,42,59)(H,43,60)(H,44,61)(H,45,54)(H,57,58)/t21-,22-,23-,24+,25+,26+,27+,28+,29+/m1/s1. The monoisotopic (exact) mass is 907 g/mol. The molecular weight excluding hydrogens is 846 g/mol. The molecule has 0 radical (unpaired) electrons. The van der Waals surface area contributed by atoms with Crippen LogP contribution in [0.15, 0.2) is 0 Å². The molecule has 0 aromatic rings. The van der Waals surface area contributed by atoms with Crippen LogP contribution in [-0.4, -0.2) is 224 Å². The molecule has 0 aliphatic carbocycles. The Hall–Kier alpha value is -5.50. The number of likely N-dealkylation sites (tertiary alicyclic amines) is 5. The second kappa shape index (κ2) is 22.4. The van der Waals surface area contributed by atoms with Crippen LogP contribution in [0.25, 0.3) is 0 Å². The maximum Gasteiger partial charge on any atom is 0.322 e. The molecule has 0 bridgehead atoms. The first kappa shape index (κ1) is 49.5. The highest BCUT2D eigenvalue weighted by molar-refractivity contribution is 5.98. The molecule has 0 aromatic carbocycles. The molecule has 0 aromatic heterocycles. The van der Waals surface area contributed by atoms with Crippen LogP contribution in [0.2, 0.25) is 0 Å². The van der Waals surface area contributed by atoms with Gasteiger partial charge in [0.2, 0.25) is 53.2 Å². The smallest absolute Gasteiger partial charge is 0.322 e. The van der Waals surface area contributed by atoms with Crippen LogP contribution in [0.3, 0.4) is 0 Å². The van der Waals surface area contributed by atoms with E-state index in [2.05, 4.69) is 21.3 Å². The molecule has 0 unspecified atom stereocenters. The van der Waals surface area contributed by atoms with Gasteiger partial charge in [-0.25, -0.2) is 0 Å². The number of amides is 9. The number of carboxylic acid groups (broad SMARTS) is 1. The molecular formula is C39H61N11O14. The number of unbranched alkanes of at least 4 members (excludes halogenated alkanes) is 1. The van der Waals surface area contributed by atoms with Crippen molar-refractivity contribution in [1.29, 1.82) is 0 Å². The van der Waals surface area contributed by atoms with Crippen LogP contribution in [0.5, 0.6) is 0 Å². The maximum atomic E-state index is 14.0. The summed E-state index contributed by atoms with van der Waals surface area (Å²) in [6.07, 6.45) is -1.15. The van der Waals surface area contributed by atoms with Gasteiger partial charge in [0.1, 0.15) is 42.8 Å². The number of hydrogen-bond acceptors (Lipinski definition) is 15. The highest BCUT2D eigenvalue weighted by atomic mass is 16.4. The number of carboxylic acids is 1. The van der Waals surface area contributed by atoms with Crippen LogP contribution in [0.1, 0.15) is 64.2 Å². The molecule has 9 atom stereocenters. The zero-order valence-corrected chi connectivity index (χ0v) is 35.6. The molecule has 64 heavy (non-hydrogen) atoms. The summed E-state index contributed by atoms with van der Waals surface area (Å²) < 4.78 is 0. The van der Waals surface area contributed by atoms with Crippen molar-refractivity contribution in [3.63, 3.8) is 0 Å². The highest BCUT2D eigenvalue weighted by Gasteiger charge is 2.47. The Morgan fingerprint density at radius 3 is 1.50 bits per heavy atom. The first-order valence-corrected chi connectivity index (χ1v) is 21.7. The van der Waals surface area contributed by atoms with Crippen molar-refractivity contribution in [1.82, 2.24) is 45.8 Å². The topological polar surface area (TPSA) is 368 Å². The van der Waals surface area contributed by atoms with Crippen LogP contribution >= 0.6 is 0 Å². The Labute approximate surface area is 368 Å². The molecule has 0 spiro atoms. The number of hydrogen-bond donors (Lipinski definition) is 10. The number of rotatable bonds is 18. The van der Waals surface area contributed by atoms with E-state index in [9.17, 15) is 63.3 Å². The van der Waals surface area contributed by atoms with Gasteiger partial charge in [0.15, 0.2) is 0 Å². The third kappa shape index (κ3) is 12.0. The first-order valence-electron chi connectivity index (χ1n) is 21.7. The summed E-state index contributed by atoms with van der Waals surface area (Å²) in [5, 5.41) is 49.9. The van der Waals surface area contributed by atoms with Gasteiger partial charge in [0.25, 0.3) is 0 Å². The number of aliphatic hydroxyl groups is 3. The van der Waals surface area contributed by atoms with Gasteiger partial charge in [-0.1, -0.05) is 0 Å². The zero-order chi connectivity index (χ0) is 46.8. The summed E-state index contributed by atoms with van der Waals surface area (Å²) in [4.78, 5) is 137. The molecule has 5 aliphatic heterocycles. The van der Waals surface area contributed by atoms with Gasteiger partial charge in [0, 0.05) is 52.0 Å². The van der Waals surface area contributed by atoms with E-state index in [1.54, 1.807) is 0 Å². The average molecular weight is 908 g/mol. The third-order valence-electron chi connectivity index (χ3n) is 12.3. The minimum atomic E-state index is -1.30. The van der Waals surface area contributed by atoms with Crippen molar-refractivity contribution in [2.75, 3.05) is 65.4 Å². The van der Waals surface area contributed by atoms with Gasteiger partial charge < -0.3 is 77.7 Å². The highest BCUT2D eigenvalue weighted by Crippen LogP contribution is 2.27. The molecule has 9 amide bonds. The number of carbonyl (C=O) groups excluding carboxylic acids is 9. The molecule has 5 heterocycles. The van der Waals surface area contributed by atoms with Gasteiger partial charge in [-0.2, -0.15) is 0 Å². The molecule has 0 saturated carbocycles. The Balaban J connectivity index is 1.17. The summed E-state index contributed by atoms with van der Waals surface area (Å²) in [7, 11) is 0. The number of β-amino-alcohol motifs (C(OH)–C–C–N with tert-alkyl or cyclic N) is 3. The SMILES string of the molecule is NCCCC[C@H](NC(=O)CNC(=O)[C@@H]1C[C@@H](O)CN1C(=O)[C@@H]1CCCN1C(=O)CN)C(=O)N1C[C@H](O)C[C@H]1C(=O)NCC(=O)N1CCC[C@H]1C(=O)N1C[C@H](O)C[C@H]1C(=O)NCC(=O)O. The largest absolute Gasteiger partial charge is 0.480 e. The van der Waals surface area contributed by atoms with E-state index in [-0.39, 0.29) is 71.4 Å². The molecule has 5 fully saturated rings. The van der Waals surface area contributed by atoms with Crippen molar-refractivity contribution < 1.29 is 68.4 Å². The molecule has 25 heteroatoms. The molecule has 5 rings (SSSR count). The lowest BCUT2D eigenvalue weighted by Gasteiger charge is -2.31. The van der Waals surface area contributed by atoms with Gasteiger partial charge >= 0.3 is 5.97 Å². The molecule has 5 saturated heterocycles. The minimum absolute atomic E-state index is 0.0755. The van der Waals surface area contributed by atoms with Crippen molar-refractivity contribution in [2.24, 2.45) is 11.5 Å². The van der Waals surface area contributed by atoms with Crippen LogP contribution < -0.4 is 32.7 Å². The van der Waals surface area contributed by atoms with E-state index in [0.29, 0.717) is 38.6 Å². The van der Waals surface area contributed by atoms with E-state index in [1.807, 2.05) is 0 Å². The normalized spacial score (nSPS) is 27.0. The van der Waals surface area contributed by atoms with Gasteiger partial charge in [-0.05, 0) is 51.5 Å². The zero-order valence-electron chi connectivity index (χ0n) is 35.6. The predicted octanol–water partition coefficient (Wildman–Crippen LogP) is -7.14. The van der Waals surface area contributed by atoms with E-state index < -0.39 is 133 Å². The van der Waals surface area contributed by atoms with Gasteiger partial charge in [-0.15, -0.1) is 0 Å². The van der Waals surface area contributed by atoms with Crippen molar-refractivity contribution in [3.05, 3.63) is 0 Å². The lowest BCUT2D eigenvalue weighted by Crippen LogP contribution is -2.56.